The van der Waals surface area contributed by atoms with Gasteiger partial charge in [0.25, 0.3) is 0 Å². The summed E-state index contributed by atoms with van der Waals surface area (Å²) in [5.41, 5.74) is -13.9. The molecule has 0 aliphatic rings. The minimum Gasteiger partial charge on any atom is -0.307 e. The molecule has 1 nitrogen and oxygen atoms in total. The summed E-state index contributed by atoms with van der Waals surface area (Å²) < 4.78 is 407. The van der Waals surface area contributed by atoms with Crippen molar-refractivity contribution in [3.05, 3.63) is 182 Å². The maximum atomic E-state index is 16.9. The van der Waals surface area contributed by atoms with Crippen molar-refractivity contribution >= 4 is 66.0 Å². The number of nitrogens with one attached hydrogen (secondary N) is 1. The van der Waals surface area contributed by atoms with Crippen LogP contribution in [0.25, 0.3) is 32.3 Å². The second-order valence-electron chi connectivity index (χ2n) is 15.3. The van der Waals surface area contributed by atoms with Crippen LogP contribution in [0, 0.1) is 151 Å². The Morgan fingerprint density at radius 3 is 0.625 bits per heavy atom. The first-order valence-corrected chi connectivity index (χ1v) is 19.0. The number of quaternary nitrogens is 1. The maximum absolute atomic E-state index is 16.9. The fourth-order valence-corrected chi connectivity index (χ4v) is 8.43. The van der Waals surface area contributed by atoms with Crippen molar-refractivity contribution in [3.8, 4) is 0 Å². The van der Waals surface area contributed by atoms with E-state index in [0.29, 0.717) is 0 Å². The minimum atomic E-state index is -7.84. The third-order valence-electron chi connectivity index (χ3n) is 11.5. The first-order valence-electron chi connectivity index (χ1n) is 19.0. The van der Waals surface area contributed by atoms with Gasteiger partial charge in [-0.15, -0.1) is 21.9 Å². The zero-order chi connectivity index (χ0) is 54.0. The van der Waals surface area contributed by atoms with Crippen molar-refractivity contribution in [1.29, 1.82) is 0 Å². The lowest BCUT2D eigenvalue weighted by Crippen LogP contribution is -3.00. The number of fused-ring (bicyclic) bond motifs is 3. The van der Waals surface area contributed by atoms with Gasteiger partial charge in [-0.2, -0.15) is 0 Å². The van der Waals surface area contributed by atoms with E-state index in [1.54, 1.807) is 0 Å². The third kappa shape index (κ3) is 7.01. The molecule has 0 saturated carbocycles. The number of halogens is 26. The average Bonchev–Trinajstić information content (AvgIpc) is 3.35. The van der Waals surface area contributed by atoms with Crippen LogP contribution in [0.2, 0.25) is 0 Å². The van der Waals surface area contributed by atoms with Gasteiger partial charge < -0.3 is 4.90 Å². The molecule has 0 spiro atoms. The van der Waals surface area contributed by atoms with Crippen LogP contribution in [0.1, 0.15) is 0 Å². The Kier molecular flexibility index (Phi) is 13.2. The fourth-order valence-electron chi connectivity index (χ4n) is 8.43. The molecule has 8 rings (SSSR count). The highest BCUT2D eigenvalue weighted by Crippen LogP contribution is 2.40. The largest absolute Gasteiger partial charge is 0.307 e. The van der Waals surface area contributed by atoms with Crippen LogP contribution in [0.4, 0.5) is 120 Å². The summed E-state index contributed by atoms with van der Waals surface area (Å²) in [5, 5.41) is -19.7. The number of para-hydroxylation sites is 1. The van der Waals surface area contributed by atoms with Crippen molar-refractivity contribution in [1.82, 2.24) is 0 Å². The molecule has 1 N–H and O–H groups in total. The minimum absolute atomic E-state index is 1.33. The van der Waals surface area contributed by atoms with Crippen molar-refractivity contribution in [3.63, 3.8) is 0 Å². The van der Waals surface area contributed by atoms with E-state index in [1.807, 2.05) is 6.07 Å². The van der Waals surface area contributed by atoms with Crippen molar-refractivity contribution in [2.75, 3.05) is 14.1 Å². The fraction of sp³-hybridized carbons (Fsp3) is 0.0455. The molecule has 0 amide bonds. The zero-order valence-electron chi connectivity index (χ0n) is 34.3. The SMILES string of the molecule is C[NH+](C)c1ccccc1.Fc1c(F)c(F)c([B-](c2c(F)c(F)c(F)c3c(F)c(F)c(F)c(F)c23)(c2c(F)c(F)c(F)c3c(F)c(F)c(F)c(F)c23)c2c(F)c(F)c(F)c3c(F)c(F)c(F)c(F)c23)c(F)c1F. The third-order valence-corrected chi connectivity index (χ3v) is 11.5. The summed E-state index contributed by atoms with van der Waals surface area (Å²) in [4.78, 5) is 1.37. The monoisotopic (exact) mass is 1060 g/mol. The van der Waals surface area contributed by atoms with Gasteiger partial charge in [0.05, 0.1) is 30.3 Å². The highest BCUT2D eigenvalue weighted by Gasteiger charge is 2.52. The van der Waals surface area contributed by atoms with Gasteiger partial charge in [0.2, 0.25) is 0 Å². The van der Waals surface area contributed by atoms with Gasteiger partial charge in [-0.1, -0.05) is 18.2 Å². The Bertz CT molecular complexity index is 3350. The standard InChI is InChI=1S/C36BF26.C8H11N/c38-11-1-4(17(44)31(58)28(11)55)14(41)25(52)20(47)7(1)37(10-23(50)34(61)36(63)35(62)24(10)51,8-2-5(15(42)26(53)21(8)48)18(45)32(59)29(56)12(2)39)9-3-6(16(43)27(54)22(9)49)19(46)33(60)30(57)13(3)40;1-9(2)8-6-4-3-5-7-8/h;3-7H,1-2H3/q-1;/p+1. The molecule has 0 unspecified atom stereocenters. The number of hydrogen-bond acceptors (Lipinski definition) is 0. The number of hydrogen-bond donors (Lipinski definition) is 1. The normalized spacial score (nSPS) is 12.0. The molecule has 0 saturated heterocycles. The van der Waals surface area contributed by atoms with Gasteiger partial charge in [-0.25, -0.2) is 114 Å². The van der Waals surface area contributed by atoms with Crippen LogP contribution in [-0.4, -0.2) is 20.2 Å². The summed E-state index contributed by atoms with van der Waals surface area (Å²) in [6, 6.07) is 10.4. The van der Waals surface area contributed by atoms with Gasteiger partial charge in [-0.05, 0) is 28.3 Å². The number of rotatable bonds is 5. The molecule has 0 radical (unpaired) electrons. The van der Waals surface area contributed by atoms with Gasteiger partial charge in [0, 0.05) is 0 Å². The molecule has 8 aromatic carbocycles. The van der Waals surface area contributed by atoms with Crippen LogP contribution >= 0.6 is 0 Å². The highest BCUT2D eigenvalue weighted by atomic mass is 19.2. The van der Waals surface area contributed by atoms with Crippen molar-refractivity contribution in [2.24, 2.45) is 0 Å². The summed E-state index contributed by atoms with van der Waals surface area (Å²) in [5.74, 6) is -95.6. The molecule has 72 heavy (non-hydrogen) atoms. The van der Waals surface area contributed by atoms with Gasteiger partial charge in [0.1, 0.15) is 40.9 Å². The molecular weight excluding hydrogens is 1050 g/mol. The first kappa shape index (κ1) is 52.6. The Hall–Kier alpha value is -7.26. The summed E-state index contributed by atoms with van der Waals surface area (Å²) in [7, 11) is 4.24. The Labute approximate surface area is 380 Å². The predicted octanol–water partition coefficient (Wildman–Crippen LogP) is 10.6. The molecule has 0 heterocycles. The molecule has 0 aliphatic carbocycles. The Morgan fingerprint density at radius 2 is 0.403 bits per heavy atom. The molecule has 0 fully saturated rings. The van der Waals surface area contributed by atoms with Crippen molar-refractivity contribution in [2.45, 2.75) is 0 Å². The molecule has 8 aromatic rings. The molecule has 28 heteroatoms. The van der Waals surface area contributed by atoms with E-state index >= 15 is 96.6 Å². The van der Waals surface area contributed by atoms with E-state index in [1.165, 1.54) is 10.6 Å². The molecular formula is C44H12BF26N. The van der Waals surface area contributed by atoms with Gasteiger partial charge in [-0.3, -0.25) is 0 Å². The lowest BCUT2D eigenvalue weighted by atomic mass is 9.11. The zero-order valence-corrected chi connectivity index (χ0v) is 34.3. The molecule has 0 bridgehead atoms. The Morgan fingerprint density at radius 1 is 0.222 bits per heavy atom. The summed E-state index contributed by atoms with van der Waals surface area (Å²) in [6.07, 6.45) is -7.84. The molecule has 0 atom stereocenters. The van der Waals surface area contributed by atoms with Crippen molar-refractivity contribution < 1.29 is 119 Å². The lowest BCUT2D eigenvalue weighted by molar-refractivity contribution is -0.786. The molecule has 0 aliphatic heterocycles. The average molecular weight is 1060 g/mol. The lowest BCUT2D eigenvalue weighted by Gasteiger charge is -2.46. The Balaban J connectivity index is 0.000000761. The second-order valence-corrected chi connectivity index (χ2v) is 15.3. The second kappa shape index (κ2) is 18.1. The summed E-state index contributed by atoms with van der Waals surface area (Å²) >= 11 is 0. The first-order chi connectivity index (χ1) is 33.5. The highest BCUT2D eigenvalue weighted by molar-refractivity contribution is 7.22. The van der Waals surface area contributed by atoms with Crippen LogP contribution in [0.15, 0.2) is 30.3 Å². The number of benzene rings is 8. The van der Waals surface area contributed by atoms with Crippen LogP contribution in [0.5, 0.6) is 0 Å². The van der Waals surface area contributed by atoms with Crippen LogP contribution in [-0.2, 0) is 0 Å². The van der Waals surface area contributed by atoms with E-state index in [-0.39, 0.29) is 0 Å². The quantitative estimate of drug-likeness (QED) is 0.0758. The molecule has 0 aromatic heterocycles. The van der Waals surface area contributed by atoms with Gasteiger partial charge >= 0.3 is 0 Å². The van der Waals surface area contributed by atoms with E-state index in [9.17, 15) is 17.6 Å². The maximum Gasteiger partial charge on any atom is 0.200 e. The van der Waals surface area contributed by atoms with Crippen LogP contribution < -0.4 is 26.8 Å². The summed E-state index contributed by atoms with van der Waals surface area (Å²) in [6.45, 7) is 0. The van der Waals surface area contributed by atoms with E-state index in [2.05, 4.69) is 38.4 Å². The van der Waals surface area contributed by atoms with E-state index < -0.39 is 212 Å². The molecule has 378 valence electrons. The van der Waals surface area contributed by atoms with E-state index in [0.717, 1.165) is 0 Å². The predicted molar refractivity (Wildman–Crippen MR) is 200 cm³/mol. The van der Waals surface area contributed by atoms with Crippen LogP contribution in [0.3, 0.4) is 0 Å². The topological polar surface area (TPSA) is 4.44 Å². The van der Waals surface area contributed by atoms with E-state index in [4.69, 9.17) is 0 Å². The van der Waals surface area contributed by atoms with Gasteiger partial charge in [0.15, 0.2) is 122 Å². The smallest absolute Gasteiger partial charge is 0.200 e.